The highest BCUT2D eigenvalue weighted by molar-refractivity contribution is 5.26. The molecule has 0 atom stereocenters. The van der Waals surface area contributed by atoms with Crippen molar-refractivity contribution in [2.45, 2.75) is 110 Å². The molecule has 0 unspecified atom stereocenters. The molecular weight excluding hydrogens is 324 g/mol. The number of unbranched alkanes of at least 4 members (excludes halogenated alkanes) is 4. The smallest absolute Gasteiger partial charge is 0.0206 e. The fourth-order valence-electron chi connectivity index (χ4n) is 4.76. The zero-order valence-corrected chi connectivity index (χ0v) is 18.1. The molecule has 0 aliphatic heterocycles. The van der Waals surface area contributed by atoms with Crippen molar-refractivity contribution in [3.05, 3.63) is 12.2 Å². The van der Waals surface area contributed by atoms with Crippen molar-refractivity contribution in [3.63, 3.8) is 0 Å². The maximum Gasteiger partial charge on any atom is 0.0206 e. The first-order valence-corrected chi connectivity index (χ1v) is 12.0. The maximum absolute atomic E-state index is 3.47. The molecule has 2 aliphatic rings. The third-order valence-electron chi connectivity index (χ3n) is 6.81. The van der Waals surface area contributed by atoms with Crippen LogP contribution in [-0.4, -0.2) is 0 Å². The lowest BCUT2D eigenvalue weighted by Crippen LogP contribution is -2.13. The van der Waals surface area contributed by atoms with Crippen LogP contribution in [0.3, 0.4) is 0 Å². The quantitative estimate of drug-likeness (QED) is 0.317. The first kappa shape index (κ1) is 22.2. The van der Waals surface area contributed by atoms with Gasteiger partial charge in [-0.05, 0) is 75.4 Å². The highest BCUT2D eigenvalue weighted by atomic mass is 14.2. The van der Waals surface area contributed by atoms with E-state index in [-0.39, 0.29) is 0 Å². The van der Waals surface area contributed by atoms with Gasteiger partial charge in [-0.2, -0.15) is 0 Å². The van der Waals surface area contributed by atoms with Gasteiger partial charge in [0.25, 0.3) is 0 Å². The standard InChI is InChI=1S/C27H42/c1-3-5-6-7-10-13-26-20-22-27(23-21-26)15-12-9-8-11-14-25-18-16-24(4-2)17-19-25/h8-9,24-27H,3-7,10,13,16-23H2,1-2H3/b9-8+. The fourth-order valence-corrected chi connectivity index (χ4v) is 4.76. The van der Waals surface area contributed by atoms with E-state index in [2.05, 4.69) is 37.5 Å². The van der Waals surface area contributed by atoms with Gasteiger partial charge in [-0.3, -0.25) is 0 Å². The van der Waals surface area contributed by atoms with Gasteiger partial charge in [-0.25, -0.2) is 0 Å². The Kier molecular flexibility index (Phi) is 11.4. The zero-order chi connectivity index (χ0) is 19.2. The topological polar surface area (TPSA) is 0 Å². The molecule has 2 rings (SSSR count). The van der Waals surface area contributed by atoms with E-state index in [0.29, 0.717) is 11.8 Å². The summed E-state index contributed by atoms with van der Waals surface area (Å²) in [6, 6.07) is 0. The van der Waals surface area contributed by atoms with Gasteiger partial charge >= 0.3 is 0 Å². The first-order valence-electron chi connectivity index (χ1n) is 12.0. The normalized spacial score (nSPS) is 28.2. The van der Waals surface area contributed by atoms with Crippen LogP contribution in [0.4, 0.5) is 0 Å². The molecule has 0 N–H and O–H groups in total. The molecule has 0 heterocycles. The van der Waals surface area contributed by atoms with Gasteiger partial charge < -0.3 is 0 Å². The summed E-state index contributed by atoms with van der Waals surface area (Å²) >= 11 is 0. The molecule has 0 saturated heterocycles. The van der Waals surface area contributed by atoms with Crippen LogP contribution in [-0.2, 0) is 0 Å². The Labute approximate surface area is 170 Å². The van der Waals surface area contributed by atoms with Crippen molar-refractivity contribution in [3.8, 4) is 23.7 Å². The Morgan fingerprint density at radius 1 is 0.630 bits per heavy atom. The van der Waals surface area contributed by atoms with Gasteiger partial charge in [-0.15, -0.1) is 0 Å². The third-order valence-corrected chi connectivity index (χ3v) is 6.81. The second-order valence-electron chi connectivity index (χ2n) is 8.96. The summed E-state index contributed by atoms with van der Waals surface area (Å²) in [4.78, 5) is 0. The van der Waals surface area contributed by atoms with E-state index in [1.807, 2.05) is 12.2 Å². The van der Waals surface area contributed by atoms with E-state index in [1.165, 1.54) is 96.3 Å². The first-order chi connectivity index (χ1) is 13.3. The molecule has 0 aromatic heterocycles. The fraction of sp³-hybridized carbons (Fsp3) is 0.778. The Morgan fingerprint density at radius 3 is 1.67 bits per heavy atom. The molecule has 0 radical (unpaired) electrons. The zero-order valence-electron chi connectivity index (χ0n) is 18.1. The Balaban J connectivity index is 1.57. The second-order valence-corrected chi connectivity index (χ2v) is 8.96. The average Bonchev–Trinajstić information content (AvgIpc) is 2.72. The van der Waals surface area contributed by atoms with E-state index in [1.54, 1.807) is 0 Å². The van der Waals surface area contributed by atoms with Crippen LogP contribution in [0.15, 0.2) is 12.2 Å². The summed E-state index contributed by atoms with van der Waals surface area (Å²) in [5.41, 5.74) is 0. The second kappa shape index (κ2) is 13.9. The summed E-state index contributed by atoms with van der Waals surface area (Å²) < 4.78 is 0. The van der Waals surface area contributed by atoms with Crippen LogP contribution in [0, 0.1) is 47.4 Å². The van der Waals surface area contributed by atoms with Crippen molar-refractivity contribution in [1.82, 2.24) is 0 Å². The Morgan fingerprint density at radius 2 is 1.15 bits per heavy atom. The molecule has 0 heteroatoms. The molecule has 0 nitrogen and oxygen atoms in total. The molecule has 0 spiro atoms. The van der Waals surface area contributed by atoms with Crippen LogP contribution < -0.4 is 0 Å². The van der Waals surface area contributed by atoms with Crippen molar-refractivity contribution in [2.24, 2.45) is 23.7 Å². The van der Waals surface area contributed by atoms with Crippen molar-refractivity contribution in [1.29, 1.82) is 0 Å². The van der Waals surface area contributed by atoms with Gasteiger partial charge in [0.15, 0.2) is 0 Å². The molecule has 27 heavy (non-hydrogen) atoms. The average molecular weight is 367 g/mol. The van der Waals surface area contributed by atoms with E-state index >= 15 is 0 Å². The van der Waals surface area contributed by atoms with Crippen molar-refractivity contribution in [2.75, 3.05) is 0 Å². The summed E-state index contributed by atoms with van der Waals surface area (Å²) in [6.45, 7) is 4.61. The molecule has 150 valence electrons. The lowest BCUT2D eigenvalue weighted by atomic mass is 9.80. The summed E-state index contributed by atoms with van der Waals surface area (Å²) in [5, 5.41) is 0. The summed E-state index contributed by atoms with van der Waals surface area (Å²) in [5.74, 6) is 16.6. The van der Waals surface area contributed by atoms with Crippen molar-refractivity contribution < 1.29 is 0 Å². The van der Waals surface area contributed by atoms with E-state index in [4.69, 9.17) is 0 Å². The molecule has 2 fully saturated rings. The highest BCUT2D eigenvalue weighted by Gasteiger charge is 2.19. The van der Waals surface area contributed by atoms with E-state index < -0.39 is 0 Å². The molecule has 0 amide bonds. The highest BCUT2D eigenvalue weighted by Crippen LogP contribution is 2.32. The van der Waals surface area contributed by atoms with Crippen LogP contribution in [0.25, 0.3) is 0 Å². The van der Waals surface area contributed by atoms with E-state index in [9.17, 15) is 0 Å². The van der Waals surface area contributed by atoms with Crippen LogP contribution in [0.2, 0.25) is 0 Å². The number of rotatable bonds is 7. The Bertz CT molecular complexity index is 516. The minimum absolute atomic E-state index is 0.627. The molecule has 2 saturated carbocycles. The predicted octanol–water partition coefficient (Wildman–Crippen LogP) is 7.93. The van der Waals surface area contributed by atoms with Gasteiger partial charge in [0.2, 0.25) is 0 Å². The number of allylic oxidation sites excluding steroid dienone is 2. The van der Waals surface area contributed by atoms with Gasteiger partial charge in [0.05, 0.1) is 0 Å². The van der Waals surface area contributed by atoms with Gasteiger partial charge in [-0.1, -0.05) is 82.5 Å². The van der Waals surface area contributed by atoms with E-state index in [0.717, 1.165) is 11.8 Å². The van der Waals surface area contributed by atoms with Gasteiger partial charge in [0, 0.05) is 11.8 Å². The minimum Gasteiger partial charge on any atom is -0.0951 e. The molecule has 0 aromatic rings. The number of hydrogen-bond acceptors (Lipinski definition) is 0. The Hall–Kier alpha value is -1.14. The summed E-state index contributed by atoms with van der Waals surface area (Å²) in [7, 11) is 0. The lowest BCUT2D eigenvalue weighted by molar-refractivity contribution is 0.294. The largest absolute Gasteiger partial charge is 0.0951 e. The third kappa shape index (κ3) is 9.56. The molecule has 0 bridgehead atoms. The summed E-state index contributed by atoms with van der Waals surface area (Å²) in [6.07, 6.45) is 24.6. The van der Waals surface area contributed by atoms with Crippen LogP contribution in [0.1, 0.15) is 110 Å². The number of hydrogen-bond donors (Lipinski definition) is 0. The maximum atomic E-state index is 3.47. The van der Waals surface area contributed by atoms with Crippen molar-refractivity contribution >= 4 is 0 Å². The monoisotopic (exact) mass is 366 g/mol. The predicted molar refractivity (Wildman–Crippen MR) is 119 cm³/mol. The molecular formula is C27H42. The van der Waals surface area contributed by atoms with Gasteiger partial charge in [0.1, 0.15) is 0 Å². The molecule has 0 aromatic carbocycles. The molecule has 2 aliphatic carbocycles. The SMILES string of the molecule is CCCCCCCC1CCC(C#C/C=C/C#CC2CCC(CC)CC2)CC1. The van der Waals surface area contributed by atoms with Crippen LogP contribution >= 0.6 is 0 Å². The minimum atomic E-state index is 0.627. The lowest BCUT2D eigenvalue weighted by Gasteiger charge is -2.25. The van der Waals surface area contributed by atoms with Crippen LogP contribution in [0.5, 0.6) is 0 Å².